The van der Waals surface area contributed by atoms with E-state index in [1.54, 1.807) is 31.2 Å². The van der Waals surface area contributed by atoms with Crippen LogP contribution in [0.2, 0.25) is 0 Å². The third kappa shape index (κ3) is 4.97. The van der Waals surface area contributed by atoms with Gasteiger partial charge in [0, 0.05) is 15.6 Å². The predicted molar refractivity (Wildman–Crippen MR) is 129 cm³/mol. The average molecular weight is 493 g/mol. The molecular weight excluding hydrogens is 472 g/mol. The van der Waals surface area contributed by atoms with Crippen molar-refractivity contribution in [2.45, 2.75) is 6.92 Å². The number of aromatic amines is 1. The standard InChI is InChI=1S/C24H21BrN4O3/c1-2-32-24(31)29-19-13-21-20(27-23(28-21)16-8-10-17(25)11-9-16)12-18(19)26-14-22(30)15-6-4-3-5-7-15/h3-13,26H,2,14H2,1H3,(H,27,28)(H,29,31). The van der Waals surface area contributed by atoms with Gasteiger partial charge < -0.3 is 15.0 Å². The topological polar surface area (TPSA) is 96.1 Å². The van der Waals surface area contributed by atoms with Crippen LogP contribution in [0.3, 0.4) is 0 Å². The molecule has 0 radical (unpaired) electrons. The number of carbonyl (C=O) groups excluding carboxylic acids is 2. The molecule has 3 aromatic carbocycles. The third-order valence-electron chi connectivity index (χ3n) is 4.79. The van der Waals surface area contributed by atoms with Crippen LogP contribution in [0.15, 0.2) is 71.2 Å². The van der Waals surface area contributed by atoms with Gasteiger partial charge in [-0.15, -0.1) is 0 Å². The first-order chi connectivity index (χ1) is 15.5. The first-order valence-corrected chi connectivity index (χ1v) is 10.9. The summed E-state index contributed by atoms with van der Waals surface area (Å²) in [7, 11) is 0. The summed E-state index contributed by atoms with van der Waals surface area (Å²) in [5, 5.41) is 5.86. The summed E-state index contributed by atoms with van der Waals surface area (Å²) < 4.78 is 6.00. The van der Waals surface area contributed by atoms with Crippen LogP contribution >= 0.6 is 15.9 Å². The zero-order chi connectivity index (χ0) is 22.5. The number of imidazole rings is 1. The molecule has 0 spiro atoms. The van der Waals surface area contributed by atoms with Gasteiger partial charge in [-0.1, -0.05) is 58.4 Å². The molecule has 7 nitrogen and oxygen atoms in total. The first-order valence-electron chi connectivity index (χ1n) is 10.1. The van der Waals surface area contributed by atoms with E-state index in [2.05, 4.69) is 36.5 Å². The number of H-pyrrole nitrogens is 1. The van der Waals surface area contributed by atoms with E-state index in [0.717, 1.165) is 15.6 Å². The van der Waals surface area contributed by atoms with Crippen molar-refractivity contribution >= 4 is 50.2 Å². The first kappa shape index (κ1) is 21.6. The van der Waals surface area contributed by atoms with E-state index >= 15 is 0 Å². The summed E-state index contributed by atoms with van der Waals surface area (Å²) in [6, 6.07) is 20.4. The number of ether oxygens (including phenoxy) is 1. The van der Waals surface area contributed by atoms with Crippen molar-refractivity contribution in [3.05, 3.63) is 76.8 Å². The Hall–Kier alpha value is -3.65. The quantitative estimate of drug-likeness (QED) is 0.281. The zero-order valence-electron chi connectivity index (χ0n) is 17.3. The van der Waals surface area contributed by atoms with Gasteiger partial charge in [-0.25, -0.2) is 9.78 Å². The smallest absolute Gasteiger partial charge is 0.411 e. The molecule has 1 amide bonds. The number of ketones is 1. The van der Waals surface area contributed by atoms with Crippen molar-refractivity contribution < 1.29 is 14.3 Å². The van der Waals surface area contributed by atoms with Crippen LogP contribution in [0.1, 0.15) is 17.3 Å². The SMILES string of the molecule is CCOC(=O)Nc1cc2[nH]c(-c3ccc(Br)cc3)nc2cc1NCC(=O)c1ccccc1. The maximum Gasteiger partial charge on any atom is 0.411 e. The Balaban J connectivity index is 1.65. The van der Waals surface area contributed by atoms with Crippen molar-refractivity contribution in [2.24, 2.45) is 0 Å². The highest BCUT2D eigenvalue weighted by molar-refractivity contribution is 9.10. The number of hydrogen-bond acceptors (Lipinski definition) is 5. The largest absolute Gasteiger partial charge is 0.450 e. The van der Waals surface area contributed by atoms with Crippen LogP contribution in [0.4, 0.5) is 16.2 Å². The number of nitrogens with one attached hydrogen (secondary N) is 3. The molecule has 0 aliphatic heterocycles. The highest BCUT2D eigenvalue weighted by Gasteiger charge is 2.14. The van der Waals surface area contributed by atoms with Gasteiger partial charge in [0.15, 0.2) is 5.78 Å². The van der Waals surface area contributed by atoms with Gasteiger partial charge >= 0.3 is 6.09 Å². The number of benzene rings is 3. The van der Waals surface area contributed by atoms with Gasteiger partial charge in [-0.05, 0) is 31.2 Å². The molecule has 3 N–H and O–H groups in total. The van der Waals surface area contributed by atoms with E-state index in [9.17, 15) is 9.59 Å². The summed E-state index contributed by atoms with van der Waals surface area (Å²) in [5.41, 5.74) is 4.05. The number of hydrogen-bond donors (Lipinski definition) is 3. The fourth-order valence-corrected chi connectivity index (χ4v) is 3.49. The zero-order valence-corrected chi connectivity index (χ0v) is 18.9. The van der Waals surface area contributed by atoms with Crippen LogP contribution in [-0.4, -0.2) is 35.0 Å². The summed E-state index contributed by atoms with van der Waals surface area (Å²) >= 11 is 3.43. The average Bonchev–Trinajstić information content (AvgIpc) is 3.21. The molecule has 0 saturated carbocycles. The lowest BCUT2D eigenvalue weighted by Crippen LogP contribution is -2.18. The number of Topliss-reactive ketones (excluding diaryl/α,β-unsaturated/α-hetero) is 1. The minimum Gasteiger partial charge on any atom is -0.450 e. The fourth-order valence-electron chi connectivity index (χ4n) is 3.23. The third-order valence-corrected chi connectivity index (χ3v) is 5.31. The maximum absolute atomic E-state index is 12.5. The van der Waals surface area contributed by atoms with Gasteiger partial charge in [-0.2, -0.15) is 0 Å². The Morgan fingerprint density at radius 3 is 2.50 bits per heavy atom. The molecule has 4 aromatic rings. The maximum atomic E-state index is 12.5. The van der Waals surface area contributed by atoms with E-state index in [4.69, 9.17) is 4.74 Å². The molecule has 1 aromatic heterocycles. The molecule has 0 aliphatic rings. The number of rotatable bonds is 7. The Labute approximate surface area is 193 Å². The van der Waals surface area contributed by atoms with Crippen LogP contribution in [0.25, 0.3) is 22.4 Å². The Kier molecular flexibility index (Phi) is 6.51. The molecule has 0 bridgehead atoms. The lowest BCUT2D eigenvalue weighted by atomic mass is 10.1. The molecule has 0 saturated heterocycles. The number of amides is 1. The van der Waals surface area contributed by atoms with E-state index in [-0.39, 0.29) is 18.9 Å². The van der Waals surface area contributed by atoms with Gasteiger partial charge in [-0.3, -0.25) is 10.1 Å². The van der Waals surface area contributed by atoms with Gasteiger partial charge in [0.2, 0.25) is 0 Å². The Morgan fingerprint density at radius 1 is 1.03 bits per heavy atom. The molecule has 8 heteroatoms. The molecule has 32 heavy (non-hydrogen) atoms. The van der Waals surface area contributed by atoms with Gasteiger partial charge in [0.1, 0.15) is 5.82 Å². The van der Waals surface area contributed by atoms with Crippen LogP contribution in [0, 0.1) is 0 Å². The van der Waals surface area contributed by atoms with E-state index in [1.807, 2.05) is 42.5 Å². The van der Waals surface area contributed by atoms with Gasteiger partial charge in [0.25, 0.3) is 0 Å². The molecular formula is C24H21BrN4O3. The van der Waals surface area contributed by atoms with Crippen molar-refractivity contribution in [1.29, 1.82) is 0 Å². The number of carbonyl (C=O) groups is 2. The van der Waals surface area contributed by atoms with E-state index in [1.165, 1.54) is 0 Å². The van der Waals surface area contributed by atoms with Gasteiger partial charge in [0.05, 0.1) is 35.6 Å². The summed E-state index contributed by atoms with van der Waals surface area (Å²) in [5.74, 6) is 0.637. The fraction of sp³-hybridized carbons (Fsp3) is 0.125. The van der Waals surface area contributed by atoms with Crippen LogP contribution in [0.5, 0.6) is 0 Å². The summed E-state index contributed by atoms with van der Waals surface area (Å²) in [6.07, 6.45) is -0.572. The lowest BCUT2D eigenvalue weighted by molar-refractivity contribution is 0.101. The molecule has 1 heterocycles. The highest BCUT2D eigenvalue weighted by atomic mass is 79.9. The van der Waals surface area contributed by atoms with Crippen molar-refractivity contribution in [3.63, 3.8) is 0 Å². The number of fused-ring (bicyclic) bond motifs is 1. The number of anilines is 2. The molecule has 0 unspecified atom stereocenters. The van der Waals surface area contributed by atoms with Crippen molar-refractivity contribution in [2.75, 3.05) is 23.8 Å². The number of halogens is 1. The predicted octanol–water partition coefficient (Wildman–Crippen LogP) is 5.86. The second-order valence-corrected chi connectivity index (χ2v) is 7.91. The van der Waals surface area contributed by atoms with Crippen LogP contribution < -0.4 is 10.6 Å². The molecule has 4 rings (SSSR count). The molecule has 0 atom stereocenters. The number of aromatic nitrogens is 2. The van der Waals surface area contributed by atoms with Crippen LogP contribution in [-0.2, 0) is 4.74 Å². The monoisotopic (exact) mass is 492 g/mol. The minimum atomic E-state index is -0.572. The Bertz CT molecular complexity index is 1250. The molecule has 0 aliphatic carbocycles. The Morgan fingerprint density at radius 2 is 1.78 bits per heavy atom. The van der Waals surface area contributed by atoms with Crippen molar-refractivity contribution in [3.8, 4) is 11.4 Å². The highest BCUT2D eigenvalue weighted by Crippen LogP contribution is 2.30. The summed E-state index contributed by atoms with van der Waals surface area (Å²) in [6.45, 7) is 2.05. The lowest BCUT2D eigenvalue weighted by Gasteiger charge is -2.13. The minimum absolute atomic E-state index is 0.0645. The normalized spacial score (nSPS) is 10.7. The number of nitrogens with zero attached hydrogens (tertiary/aromatic N) is 1. The van der Waals surface area contributed by atoms with Crippen molar-refractivity contribution in [1.82, 2.24) is 9.97 Å². The van der Waals surface area contributed by atoms with E-state index < -0.39 is 6.09 Å². The summed E-state index contributed by atoms with van der Waals surface area (Å²) in [4.78, 5) is 32.6. The van der Waals surface area contributed by atoms with E-state index in [0.29, 0.717) is 28.3 Å². The second-order valence-electron chi connectivity index (χ2n) is 7.00. The molecule has 162 valence electrons. The molecule has 0 fully saturated rings. The second kappa shape index (κ2) is 9.65.